The quantitative estimate of drug-likeness (QED) is 0.757. The van der Waals surface area contributed by atoms with Gasteiger partial charge in [-0.05, 0) is 12.8 Å². The molecule has 0 N–H and O–H groups in total. The lowest BCUT2D eigenvalue weighted by Gasteiger charge is -2.28. The van der Waals surface area contributed by atoms with Crippen LogP contribution in [-0.2, 0) is 10.2 Å². The predicted molar refractivity (Wildman–Crippen MR) is 63.8 cm³/mol. The van der Waals surface area contributed by atoms with Gasteiger partial charge < -0.3 is 4.74 Å². The fourth-order valence-electron chi connectivity index (χ4n) is 2.22. The Hall–Kier alpha value is -1.41. The molecule has 1 aliphatic rings. The van der Waals surface area contributed by atoms with E-state index in [9.17, 15) is 10.1 Å². The first-order chi connectivity index (χ1) is 8.22. The number of methoxy groups -OCH3 is 1. The second kappa shape index (κ2) is 4.84. The third-order valence-corrected chi connectivity index (χ3v) is 4.28. The third-order valence-electron chi connectivity index (χ3n) is 3.23. The lowest BCUT2D eigenvalue weighted by Crippen LogP contribution is -2.27. The van der Waals surface area contributed by atoms with Gasteiger partial charge in [-0.25, -0.2) is 9.78 Å². The Morgan fingerprint density at radius 3 is 2.82 bits per heavy atom. The van der Waals surface area contributed by atoms with Gasteiger partial charge in [0.15, 0.2) is 5.69 Å². The number of ether oxygens (including phenoxy) is 1. The van der Waals surface area contributed by atoms with E-state index < -0.39 is 11.4 Å². The van der Waals surface area contributed by atoms with Crippen molar-refractivity contribution in [2.24, 2.45) is 0 Å². The molecule has 0 aliphatic heterocycles. The van der Waals surface area contributed by atoms with E-state index in [0.717, 1.165) is 30.7 Å². The number of nitrogens with zero attached hydrogens (tertiary/aromatic N) is 2. The summed E-state index contributed by atoms with van der Waals surface area (Å²) in [4.78, 5) is 15.6. The molecular weight excluding hydrogens is 236 g/mol. The molecule has 0 atom stereocenters. The van der Waals surface area contributed by atoms with Crippen molar-refractivity contribution in [1.29, 1.82) is 5.26 Å². The van der Waals surface area contributed by atoms with Crippen molar-refractivity contribution in [3.05, 3.63) is 16.1 Å². The number of rotatable bonds is 2. The molecular formula is C12H14N2O2S. The molecule has 90 valence electrons. The largest absolute Gasteiger partial charge is 0.464 e. The minimum absolute atomic E-state index is 0.313. The molecule has 0 radical (unpaired) electrons. The monoisotopic (exact) mass is 250 g/mol. The van der Waals surface area contributed by atoms with E-state index in [1.165, 1.54) is 24.9 Å². The van der Waals surface area contributed by atoms with Crippen LogP contribution in [0, 0.1) is 11.3 Å². The highest BCUT2D eigenvalue weighted by atomic mass is 32.1. The SMILES string of the molecule is COC(=O)c1csc(C2(C#N)CCCCC2)n1. The zero-order chi connectivity index (χ0) is 12.3. The smallest absolute Gasteiger partial charge is 0.357 e. The molecule has 1 aliphatic carbocycles. The number of esters is 1. The lowest BCUT2D eigenvalue weighted by molar-refractivity contribution is 0.0594. The molecule has 0 saturated heterocycles. The highest BCUT2D eigenvalue weighted by Gasteiger charge is 2.37. The van der Waals surface area contributed by atoms with Crippen molar-refractivity contribution in [2.75, 3.05) is 7.11 Å². The molecule has 0 amide bonds. The van der Waals surface area contributed by atoms with Gasteiger partial charge in [-0.2, -0.15) is 5.26 Å². The molecule has 1 fully saturated rings. The van der Waals surface area contributed by atoms with E-state index >= 15 is 0 Å². The average Bonchev–Trinajstić information content (AvgIpc) is 2.88. The zero-order valence-corrected chi connectivity index (χ0v) is 10.5. The highest BCUT2D eigenvalue weighted by Crippen LogP contribution is 2.40. The number of carbonyl (C=O) groups excluding carboxylic acids is 1. The number of thiazole rings is 1. The molecule has 5 heteroatoms. The van der Waals surface area contributed by atoms with Crippen LogP contribution in [-0.4, -0.2) is 18.1 Å². The molecule has 1 saturated carbocycles. The molecule has 0 unspecified atom stereocenters. The Bertz CT molecular complexity index is 455. The summed E-state index contributed by atoms with van der Waals surface area (Å²) in [6.07, 6.45) is 4.98. The van der Waals surface area contributed by atoms with Crippen LogP contribution in [0.25, 0.3) is 0 Å². The van der Waals surface area contributed by atoms with Crippen LogP contribution in [0.1, 0.15) is 47.6 Å². The molecule has 1 aromatic heterocycles. The third kappa shape index (κ3) is 2.18. The molecule has 0 aromatic carbocycles. The molecule has 0 bridgehead atoms. The molecule has 1 aromatic rings. The normalized spacial score (nSPS) is 18.4. The molecule has 4 nitrogen and oxygen atoms in total. The van der Waals surface area contributed by atoms with Gasteiger partial charge in [-0.1, -0.05) is 19.3 Å². The van der Waals surface area contributed by atoms with Crippen LogP contribution in [0.4, 0.5) is 0 Å². The first-order valence-corrected chi connectivity index (χ1v) is 6.55. The Morgan fingerprint density at radius 2 is 2.24 bits per heavy atom. The number of carbonyl (C=O) groups is 1. The summed E-state index contributed by atoms with van der Waals surface area (Å²) in [6, 6.07) is 2.40. The highest BCUT2D eigenvalue weighted by molar-refractivity contribution is 7.10. The summed E-state index contributed by atoms with van der Waals surface area (Å²) in [5.74, 6) is -0.434. The minimum atomic E-state index is -0.477. The van der Waals surface area contributed by atoms with Gasteiger partial charge >= 0.3 is 5.97 Å². The average molecular weight is 250 g/mol. The summed E-state index contributed by atoms with van der Waals surface area (Å²) in [5.41, 5.74) is -0.164. The summed E-state index contributed by atoms with van der Waals surface area (Å²) >= 11 is 1.39. The van der Waals surface area contributed by atoms with E-state index in [0.29, 0.717) is 5.69 Å². The van der Waals surface area contributed by atoms with Gasteiger partial charge in [0.1, 0.15) is 10.4 Å². The Morgan fingerprint density at radius 1 is 1.53 bits per heavy atom. The summed E-state index contributed by atoms with van der Waals surface area (Å²) in [5, 5.41) is 11.8. The fraction of sp³-hybridized carbons (Fsp3) is 0.583. The maximum atomic E-state index is 11.3. The lowest BCUT2D eigenvalue weighted by atomic mass is 9.76. The first-order valence-electron chi connectivity index (χ1n) is 5.67. The van der Waals surface area contributed by atoms with Gasteiger partial charge in [-0.15, -0.1) is 11.3 Å². The Kier molecular flexibility index (Phi) is 3.43. The molecule has 1 heterocycles. The van der Waals surface area contributed by atoms with Gasteiger partial charge in [-0.3, -0.25) is 0 Å². The number of hydrogen-bond donors (Lipinski definition) is 0. The second-order valence-electron chi connectivity index (χ2n) is 4.28. The fourth-order valence-corrected chi connectivity index (χ4v) is 3.22. The maximum absolute atomic E-state index is 11.3. The standard InChI is InChI=1S/C12H14N2O2S/c1-16-10(15)9-7-17-11(14-9)12(8-13)5-3-2-4-6-12/h7H,2-6H2,1H3. The van der Waals surface area contributed by atoms with E-state index in [-0.39, 0.29) is 0 Å². The van der Waals surface area contributed by atoms with Crippen molar-refractivity contribution in [1.82, 2.24) is 4.98 Å². The van der Waals surface area contributed by atoms with E-state index in [1.807, 2.05) is 0 Å². The van der Waals surface area contributed by atoms with Gasteiger partial charge in [0.2, 0.25) is 0 Å². The molecule has 2 rings (SSSR count). The van der Waals surface area contributed by atoms with Crippen LogP contribution >= 0.6 is 11.3 Å². The number of aromatic nitrogens is 1. The van der Waals surface area contributed by atoms with Crippen molar-refractivity contribution >= 4 is 17.3 Å². The summed E-state index contributed by atoms with van der Waals surface area (Å²) in [7, 11) is 1.34. The van der Waals surface area contributed by atoms with Gasteiger partial charge in [0.25, 0.3) is 0 Å². The molecule has 0 spiro atoms. The van der Waals surface area contributed by atoms with Crippen molar-refractivity contribution < 1.29 is 9.53 Å². The van der Waals surface area contributed by atoms with Crippen LogP contribution in [0.2, 0.25) is 0 Å². The van der Waals surface area contributed by atoms with Crippen LogP contribution in [0.15, 0.2) is 5.38 Å². The van der Waals surface area contributed by atoms with Crippen molar-refractivity contribution in [2.45, 2.75) is 37.5 Å². The summed E-state index contributed by atoms with van der Waals surface area (Å²) in [6.45, 7) is 0. The van der Waals surface area contributed by atoms with Gasteiger partial charge in [0, 0.05) is 5.38 Å². The second-order valence-corrected chi connectivity index (χ2v) is 5.14. The number of nitriles is 1. The Balaban J connectivity index is 2.29. The number of hydrogen-bond acceptors (Lipinski definition) is 5. The predicted octanol–water partition coefficient (Wildman–Crippen LogP) is 2.66. The molecule has 17 heavy (non-hydrogen) atoms. The topological polar surface area (TPSA) is 63.0 Å². The van der Waals surface area contributed by atoms with Crippen LogP contribution in [0.3, 0.4) is 0 Å². The Labute approximate surface area is 104 Å². The minimum Gasteiger partial charge on any atom is -0.464 e. The van der Waals surface area contributed by atoms with E-state index in [4.69, 9.17) is 0 Å². The zero-order valence-electron chi connectivity index (χ0n) is 9.73. The van der Waals surface area contributed by atoms with Crippen LogP contribution in [0.5, 0.6) is 0 Å². The van der Waals surface area contributed by atoms with E-state index in [2.05, 4.69) is 15.8 Å². The maximum Gasteiger partial charge on any atom is 0.357 e. The van der Waals surface area contributed by atoms with E-state index in [1.54, 1.807) is 5.38 Å². The van der Waals surface area contributed by atoms with Gasteiger partial charge in [0.05, 0.1) is 13.2 Å². The van der Waals surface area contributed by atoms with Crippen molar-refractivity contribution in [3.63, 3.8) is 0 Å². The summed E-state index contributed by atoms with van der Waals surface area (Å²) < 4.78 is 4.63. The van der Waals surface area contributed by atoms with Crippen LogP contribution < -0.4 is 0 Å². The van der Waals surface area contributed by atoms with Crippen molar-refractivity contribution in [3.8, 4) is 6.07 Å². The first kappa shape index (κ1) is 12.1.